The predicted octanol–water partition coefficient (Wildman–Crippen LogP) is 4.89. The maximum absolute atomic E-state index is 10.2. The number of anilines is 1. The summed E-state index contributed by atoms with van der Waals surface area (Å²) in [6.45, 7) is 6.57. The Balaban J connectivity index is 1.10. The molecule has 1 saturated heterocycles. The molecule has 2 aliphatic heterocycles. The van der Waals surface area contributed by atoms with E-state index in [1.165, 1.54) is 41.6 Å². The van der Waals surface area contributed by atoms with E-state index < -0.39 is 0 Å². The Morgan fingerprint density at radius 3 is 2.64 bits per heavy atom. The first kappa shape index (κ1) is 26.8. The molecule has 0 radical (unpaired) electrons. The molecule has 2 aromatic rings. The second kappa shape index (κ2) is 14.5. The van der Waals surface area contributed by atoms with Gasteiger partial charge in [-0.3, -0.25) is 4.79 Å². The SMILES string of the molecule is O=CNCCCOCc1ccc(N2CCC(CCCOc3ccc4c(c3)CCN(SO)C4)CC2)cc1. The molecule has 0 spiro atoms. The van der Waals surface area contributed by atoms with Crippen LogP contribution in [0.25, 0.3) is 0 Å². The fourth-order valence-electron chi connectivity index (χ4n) is 5.03. The number of fused-ring (bicyclic) bond motifs is 1. The van der Waals surface area contributed by atoms with Crippen molar-refractivity contribution < 1.29 is 18.8 Å². The minimum absolute atomic E-state index is 0.610. The number of hydrogen-bond donors (Lipinski definition) is 2. The Hall–Kier alpha value is -2.26. The van der Waals surface area contributed by atoms with Crippen LogP contribution in [0.5, 0.6) is 5.75 Å². The van der Waals surface area contributed by atoms with Gasteiger partial charge in [0.1, 0.15) is 5.75 Å². The van der Waals surface area contributed by atoms with Gasteiger partial charge in [0.2, 0.25) is 6.41 Å². The van der Waals surface area contributed by atoms with Crippen molar-refractivity contribution in [2.45, 2.75) is 51.7 Å². The maximum atomic E-state index is 10.2. The summed E-state index contributed by atoms with van der Waals surface area (Å²) in [5.74, 6) is 1.74. The van der Waals surface area contributed by atoms with E-state index >= 15 is 0 Å². The molecule has 0 unspecified atom stereocenters. The van der Waals surface area contributed by atoms with Crippen LogP contribution in [0.2, 0.25) is 0 Å². The Morgan fingerprint density at radius 1 is 1.03 bits per heavy atom. The van der Waals surface area contributed by atoms with Crippen LogP contribution >= 0.6 is 12.2 Å². The van der Waals surface area contributed by atoms with Gasteiger partial charge in [-0.1, -0.05) is 18.2 Å². The topological polar surface area (TPSA) is 74.3 Å². The first-order chi connectivity index (χ1) is 17.7. The number of rotatable bonds is 14. The van der Waals surface area contributed by atoms with Crippen molar-refractivity contribution in [3.8, 4) is 5.75 Å². The fourth-order valence-corrected chi connectivity index (χ4v) is 5.40. The lowest BCUT2D eigenvalue weighted by atomic mass is 9.92. The predicted molar refractivity (Wildman–Crippen MR) is 145 cm³/mol. The molecule has 2 N–H and O–H groups in total. The largest absolute Gasteiger partial charge is 0.494 e. The van der Waals surface area contributed by atoms with Crippen LogP contribution in [0.3, 0.4) is 0 Å². The van der Waals surface area contributed by atoms with Crippen LogP contribution in [0, 0.1) is 5.92 Å². The van der Waals surface area contributed by atoms with Crippen LogP contribution in [-0.2, 0) is 29.1 Å². The second-order valence-corrected chi connectivity index (χ2v) is 10.4. The summed E-state index contributed by atoms with van der Waals surface area (Å²) >= 11 is 0.833. The van der Waals surface area contributed by atoms with E-state index in [0.717, 1.165) is 82.4 Å². The van der Waals surface area contributed by atoms with Gasteiger partial charge in [0.15, 0.2) is 0 Å². The van der Waals surface area contributed by atoms with Crippen molar-refractivity contribution in [1.82, 2.24) is 9.62 Å². The third-order valence-electron chi connectivity index (χ3n) is 7.17. The zero-order chi connectivity index (χ0) is 25.0. The Labute approximate surface area is 219 Å². The molecular weight excluding hydrogens is 474 g/mol. The van der Waals surface area contributed by atoms with Crippen molar-refractivity contribution in [2.75, 3.05) is 44.3 Å². The fraction of sp³-hybridized carbons (Fsp3) is 0.536. The molecule has 0 saturated carbocycles. The Morgan fingerprint density at radius 2 is 1.86 bits per heavy atom. The molecule has 36 heavy (non-hydrogen) atoms. The number of carbonyl (C=O) groups excluding carboxylic acids is 1. The summed E-state index contributed by atoms with van der Waals surface area (Å²) < 4.78 is 23.0. The number of piperidine rings is 1. The number of ether oxygens (including phenoxy) is 2. The van der Waals surface area contributed by atoms with E-state index in [9.17, 15) is 9.35 Å². The standard InChI is InChI=1S/C28H39N3O4S/c32-22-29-13-2-17-34-21-24-4-7-27(8-5-24)30-14-10-23(11-15-30)3-1-18-35-28-9-6-26-20-31(36-33)16-12-25(26)19-28/h4-9,19,22-23,33H,1-3,10-18,20-21H2,(H,29,32). The van der Waals surface area contributed by atoms with E-state index in [1.807, 2.05) is 4.31 Å². The highest BCUT2D eigenvalue weighted by molar-refractivity contribution is 7.91. The maximum Gasteiger partial charge on any atom is 0.207 e. The molecule has 0 aliphatic carbocycles. The van der Waals surface area contributed by atoms with Gasteiger partial charge in [-0.25, -0.2) is 4.31 Å². The minimum Gasteiger partial charge on any atom is -0.494 e. The number of carbonyl (C=O) groups is 1. The van der Waals surface area contributed by atoms with Crippen molar-refractivity contribution in [3.63, 3.8) is 0 Å². The molecule has 196 valence electrons. The molecule has 2 heterocycles. The van der Waals surface area contributed by atoms with Crippen molar-refractivity contribution in [2.24, 2.45) is 5.92 Å². The molecule has 0 bridgehead atoms. The van der Waals surface area contributed by atoms with Gasteiger partial charge in [-0.2, -0.15) is 0 Å². The molecule has 0 atom stereocenters. The highest BCUT2D eigenvalue weighted by Crippen LogP contribution is 2.28. The highest BCUT2D eigenvalue weighted by Gasteiger charge is 2.20. The van der Waals surface area contributed by atoms with Crippen LogP contribution < -0.4 is 15.0 Å². The van der Waals surface area contributed by atoms with Gasteiger partial charge in [-0.15, -0.1) is 0 Å². The Kier molecular flexibility index (Phi) is 10.8. The summed E-state index contributed by atoms with van der Waals surface area (Å²) in [6, 6.07) is 15.1. The van der Waals surface area contributed by atoms with Crippen molar-refractivity contribution in [1.29, 1.82) is 0 Å². The quantitative estimate of drug-likeness (QED) is 0.161. The Bertz CT molecular complexity index is 935. The summed E-state index contributed by atoms with van der Waals surface area (Å²) in [7, 11) is 0. The molecule has 2 aliphatic rings. The zero-order valence-corrected chi connectivity index (χ0v) is 21.9. The third-order valence-corrected chi connectivity index (χ3v) is 7.72. The van der Waals surface area contributed by atoms with Crippen LogP contribution in [0.4, 0.5) is 5.69 Å². The lowest BCUT2D eigenvalue weighted by Gasteiger charge is -2.33. The number of hydrogen-bond acceptors (Lipinski definition) is 7. The van der Waals surface area contributed by atoms with E-state index in [0.29, 0.717) is 19.8 Å². The van der Waals surface area contributed by atoms with Crippen LogP contribution in [0.1, 0.15) is 48.8 Å². The van der Waals surface area contributed by atoms with Gasteiger partial charge in [0.25, 0.3) is 0 Å². The number of nitrogens with zero attached hydrogens (tertiary/aromatic N) is 2. The van der Waals surface area contributed by atoms with Crippen LogP contribution in [0.15, 0.2) is 42.5 Å². The molecular formula is C28H39N3O4S. The van der Waals surface area contributed by atoms with Gasteiger partial charge < -0.3 is 24.2 Å². The first-order valence-electron chi connectivity index (χ1n) is 13.1. The lowest BCUT2D eigenvalue weighted by molar-refractivity contribution is -0.109. The smallest absolute Gasteiger partial charge is 0.207 e. The van der Waals surface area contributed by atoms with Gasteiger partial charge in [0, 0.05) is 45.0 Å². The van der Waals surface area contributed by atoms with Gasteiger partial charge in [-0.05, 0) is 85.4 Å². The van der Waals surface area contributed by atoms with Crippen molar-refractivity contribution >= 4 is 24.3 Å². The third kappa shape index (κ3) is 8.13. The number of benzene rings is 2. The molecule has 7 nitrogen and oxygen atoms in total. The average molecular weight is 514 g/mol. The van der Waals surface area contributed by atoms with E-state index in [4.69, 9.17) is 9.47 Å². The van der Waals surface area contributed by atoms with E-state index in [2.05, 4.69) is 52.7 Å². The molecule has 4 rings (SSSR count). The number of amides is 1. The van der Waals surface area contributed by atoms with Crippen LogP contribution in [-0.4, -0.2) is 54.7 Å². The summed E-state index contributed by atoms with van der Waals surface area (Å²) in [5, 5.41) is 2.65. The molecule has 0 aromatic heterocycles. The molecule has 2 aromatic carbocycles. The summed E-state index contributed by atoms with van der Waals surface area (Å²) in [5.41, 5.74) is 5.10. The molecule has 8 heteroatoms. The van der Waals surface area contributed by atoms with Gasteiger partial charge in [0.05, 0.1) is 25.4 Å². The second-order valence-electron chi connectivity index (χ2n) is 9.69. The zero-order valence-electron chi connectivity index (χ0n) is 21.1. The average Bonchev–Trinajstić information content (AvgIpc) is 2.93. The lowest BCUT2D eigenvalue weighted by Crippen LogP contribution is -2.33. The van der Waals surface area contributed by atoms with Crippen molar-refractivity contribution in [3.05, 3.63) is 59.2 Å². The minimum atomic E-state index is 0.610. The molecule has 1 fully saturated rings. The monoisotopic (exact) mass is 513 g/mol. The first-order valence-corrected chi connectivity index (χ1v) is 13.9. The van der Waals surface area contributed by atoms with E-state index in [-0.39, 0.29) is 0 Å². The summed E-state index contributed by atoms with van der Waals surface area (Å²) in [4.78, 5) is 12.7. The number of nitrogens with one attached hydrogen (secondary N) is 1. The molecule has 1 amide bonds. The normalized spacial score (nSPS) is 16.5. The summed E-state index contributed by atoms with van der Waals surface area (Å²) in [6.07, 6.45) is 7.29. The van der Waals surface area contributed by atoms with E-state index in [1.54, 1.807) is 0 Å². The highest BCUT2D eigenvalue weighted by atomic mass is 32.2. The van der Waals surface area contributed by atoms with Gasteiger partial charge >= 0.3 is 0 Å².